The molecule has 198 valence electrons. The van der Waals surface area contributed by atoms with Crippen LogP contribution >= 0.6 is 11.6 Å². The van der Waals surface area contributed by atoms with Crippen LogP contribution in [0.1, 0.15) is 62.9 Å². The molecule has 0 radical (unpaired) electrons. The van der Waals surface area contributed by atoms with Gasteiger partial charge in [0.2, 0.25) is 5.91 Å². The highest BCUT2D eigenvalue weighted by Crippen LogP contribution is 2.65. The van der Waals surface area contributed by atoms with Gasteiger partial charge in [-0.3, -0.25) is 4.79 Å². The van der Waals surface area contributed by atoms with Gasteiger partial charge in [0, 0.05) is 0 Å². The summed E-state index contributed by atoms with van der Waals surface area (Å²) in [6.07, 6.45) is 0.893. The molecule has 1 aromatic carbocycles. The lowest BCUT2D eigenvalue weighted by molar-refractivity contribution is -0.199. The second-order valence-electron chi connectivity index (χ2n) is 11.0. The highest BCUT2D eigenvalue weighted by Gasteiger charge is 2.68. The highest BCUT2D eigenvalue weighted by atomic mass is 35.5. The van der Waals surface area contributed by atoms with Crippen molar-refractivity contribution in [3.63, 3.8) is 0 Å². The normalized spacial score (nSPS) is 29.1. The molecule has 1 heterocycles. The zero-order valence-electron chi connectivity index (χ0n) is 21.2. The minimum atomic E-state index is -3.17. The van der Waals surface area contributed by atoms with Crippen LogP contribution in [-0.2, 0) is 25.3 Å². The third-order valence-corrected chi connectivity index (χ3v) is 8.37. The van der Waals surface area contributed by atoms with E-state index in [0.717, 1.165) is 12.8 Å². The van der Waals surface area contributed by atoms with Crippen molar-refractivity contribution in [2.24, 2.45) is 17.3 Å². The van der Waals surface area contributed by atoms with Gasteiger partial charge < -0.3 is 24.1 Å². The van der Waals surface area contributed by atoms with Crippen LogP contribution in [0, 0.1) is 17.3 Å². The summed E-state index contributed by atoms with van der Waals surface area (Å²) in [6.45, 7) is 7.22. The molecule has 5 unspecified atom stereocenters. The molecule has 1 aliphatic heterocycles. The summed E-state index contributed by atoms with van der Waals surface area (Å²) in [6, 6.07) is 4.60. The van der Waals surface area contributed by atoms with Gasteiger partial charge in [-0.15, -0.1) is 0 Å². The van der Waals surface area contributed by atoms with E-state index in [9.17, 15) is 18.4 Å². The van der Waals surface area contributed by atoms with Crippen LogP contribution in [0.4, 0.5) is 8.78 Å². The number of ether oxygens (including phenoxy) is 2. The summed E-state index contributed by atoms with van der Waals surface area (Å²) in [5.74, 6) is -4.38. The van der Waals surface area contributed by atoms with E-state index in [4.69, 9.17) is 30.4 Å². The van der Waals surface area contributed by atoms with Gasteiger partial charge in [-0.05, 0) is 62.0 Å². The van der Waals surface area contributed by atoms with E-state index in [1.165, 1.54) is 13.2 Å². The molecule has 36 heavy (non-hydrogen) atoms. The number of halogens is 3. The van der Waals surface area contributed by atoms with Crippen LogP contribution in [0.5, 0.6) is 5.75 Å². The first-order chi connectivity index (χ1) is 16.8. The lowest BCUT2D eigenvalue weighted by atomic mass is 9.43. The number of amides is 1. The largest absolute Gasteiger partial charge is 0.496 e. The number of carbonyl (C=O) groups excluding carboxylic acids is 2. The topological polar surface area (TPSA) is 83.1 Å². The summed E-state index contributed by atoms with van der Waals surface area (Å²) >= 11 is 5.54. The zero-order chi connectivity index (χ0) is 26.5. The molecule has 5 atom stereocenters. The van der Waals surface area contributed by atoms with Crippen LogP contribution in [0.3, 0.4) is 0 Å². The summed E-state index contributed by atoms with van der Waals surface area (Å²) in [4.78, 5) is 25.0. The summed E-state index contributed by atoms with van der Waals surface area (Å²) in [5.41, 5.74) is 0.299. The Morgan fingerprint density at radius 3 is 2.64 bits per heavy atom. The molecule has 0 spiro atoms. The quantitative estimate of drug-likeness (QED) is 0.291. The van der Waals surface area contributed by atoms with E-state index < -0.39 is 42.9 Å². The Kier molecular flexibility index (Phi) is 7.36. The minimum absolute atomic E-state index is 0.118. The lowest BCUT2D eigenvalue weighted by Gasteiger charge is -2.64. The number of nitrogens with one attached hydrogen (secondary N) is 1. The molecule has 2 bridgehead atoms. The van der Waals surface area contributed by atoms with Gasteiger partial charge in [0.25, 0.3) is 5.92 Å². The molecule has 5 rings (SSSR count). The Bertz CT molecular complexity index is 1020. The summed E-state index contributed by atoms with van der Waals surface area (Å²) in [7, 11) is 0.558. The van der Waals surface area contributed by atoms with E-state index >= 15 is 0 Å². The maximum absolute atomic E-state index is 13.6. The number of benzene rings is 1. The van der Waals surface area contributed by atoms with Gasteiger partial charge in [0.05, 0.1) is 31.2 Å². The monoisotopic (exact) mass is 527 g/mol. The standard InChI is InChI=1S/C25H33BClF2NO6/c1-23(2)15-10-17(23)25(4)18(11-15)35-26(36-25)19(30-20(31)12-24(3,28)29)9-14-7-6-8-16(21(14)33-5)22(32)34-13-27/h6-8,15,17-19H,9-13H2,1-5H3,(H,30,31). The first-order valence-electron chi connectivity index (χ1n) is 12.2. The Hall–Kier alpha value is -1.91. The maximum Gasteiger partial charge on any atom is 0.482 e. The molecule has 1 N–H and O–H groups in total. The number of hydrogen-bond donors (Lipinski definition) is 1. The molecule has 3 aliphatic carbocycles. The Morgan fingerprint density at radius 2 is 2.03 bits per heavy atom. The molecule has 7 nitrogen and oxygen atoms in total. The number of para-hydroxylation sites is 1. The highest BCUT2D eigenvalue weighted by molar-refractivity contribution is 6.48. The van der Waals surface area contributed by atoms with Gasteiger partial charge >= 0.3 is 13.1 Å². The van der Waals surface area contributed by atoms with Crippen molar-refractivity contribution in [1.82, 2.24) is 5.32 Å². The van der Waals surface area contributed by atoms with Gasteiger partial charge in [0.1, 0.15) is 11.3 Å². The molecular formula is C25H33BClF2NO6. The molecule has 3 saturated carbocycles. The van der Waals surface area contributed by atoms with Crippen LogP contribution < -0.4 is 10.1 Å². The average Bonchev–Trinajstić information content (AvgIpc) is 3.14. The average molecular weight is 528 g/mol. The number of alkyl halides is 3. The predicted molar refractivity (Wildman–Crippen MR) is 130 cm³/mol. The zero-order valence-corrected chi connectivity index (χ0v) is 22.0. The Balaban J connectivity index is 1.62. The van der Waals surface area contributed by atoms with E-state index in [2.05, 4.69) is 19.2 Å². The van der Waals surface area contributed by atoms with E-state index in [-0.39, 0.29) is 35.3 Å². The molecule has 1 saturated heterocycles. The van der Waals surface area contributed by atoms with Crippen LogP contribution in [0.2, 0.25) is 0 Å². The van der Waals surface area contributed by atoms with Crippen LogP contribution in [-0.4, -0.2) is 55.7 Å². The summed E-state index contributed by atoms with van der Waals surface area (Å²) < 4.78 is 50.5. The van der Waals surface area contributed by atoms with Crippen molar-refractivity contribution < 1.29 is 37.2 Å². The molecule has 4 aliphatic rings. The third-order valence-electron chi connectivity index (χ3n) is 8.26. The second-order valence-corrected chi connectivity index (χ2v) is 11.2. The molecule has 0 aromatic heterocycles. The van der Waals surface area contributed by atoms with Gasteiger partial charge in [0.15, 0.2) is 6.07 Å². The number of rotatable bonds is 9. The first-order valence-corrected chi connectivity index (χ1v) is 12.7. The lowest BCUT2D eigenvalue weighted by Crippen LogP contribution is -2.65. The van der Waals surface area contributed by atoms with Crippen molar-refractivity contribution in [2.75, 3.05) is 13.2 Å². The van der Waals surface area contributed by atoms with E-state index in [1.54, 1.807) is 12.1 Å². The molecular weight excluding hydrogens is 495 g/mol. The number of carbonyl (C=O) groups is 2. The third kappa shape index (κ3) is 4.96. The van der Waals surface area contributed by atoms with Crippen molar-refractivity contribution in [3.8, 4) is 5.75 Å². The SMILES string of the molecule is COc1c(CC(NC(=O)CC(C)(F)F)B2OC3CC4CC(C4(C)C)C3(C)O2)cccc1C(=O)OCCl. The Morgan fingerprint density at radius 1 is 1.31 bits per heavy atom. The molecule has 1 aromatic rings. The van der Waals surface area contributed by atoms with Crippen LogP contribution in [0.15, 0.2) is 18.2 Å². The van der Waals surface area contributed by atoms with E-state index in [1.807, 2.05) is 6.92 Å². The summed E-state index contributed by atoms with van der Waals surface area (Å²) in [5, 5.41) is 2.70. The van der Waals surface area contributed by atoms with Crippen LogP contribution in [0.25, 0.3) is 0 Å². The molecule has 11 heteroatoms. The molecule has 4 fully saturated rings. The first kappa shape index (κ1) is 27.1. The minimum Gasteiger partial charge on any atom is -0.496 e. The van der Waals surface area contributed by atoms with Gasteiger partial charge in [-0.25, -0.2) is 13.6 Å². The van der Waals surface area contributed by atoms with Crippen molar-refractivity contribution >= 4 is 30.6 Å². The van der Waals surface area contributed by atoms with Crippen molar-refractivity contribution in [2.45, 2.75) is 76.9 Å². The number of hydrogen-bond acceptors (Lipinski definition) is 6. The van der Waals surface area contributed by atoms with E-state index in [0.29, 0.717) is 24.3 Å². The van der Waals surface area contributed by atoms with Gasteiger partial charge in [-0.2, -0.15) is 0 Å². The fourth-order valence-corrected chi connectivity index (χ4v) is 6.44. The fourth-order valence-electron chi connectivity index (χ4n) is 6.34. The predicted octanol–water partition coefficient (Wildman–Crippen LogP) is 4.39. The van der Waals surface area contributed by atoms with Gasteiger partial charge in [-0.1, -0.05) is 37.6 Å². The smallest absolute Gasteiger partial charge is 0.482 e. The fraction of sp³-hybridized carbons (Fsp3) is 0.680. The molecule has 1 amide bonds. The Labute approximate surface area is 215 Å². The maximum atomic E-state index is 13.6. The van der Waals surface area contributed by atoms with Crippen molar-refractivity contribution in [1.29, 1.82) is 0 Å². The number of esters is 1. The second kappa shape index (κ2) is 9.76. The van der Waals surface area contributed by atoms with Crippen molar-refractivity contribution in [3.05, 3.63) is 29.3 Å². The number of methoxy groups -OCH3 is 1.